The molecule has 0 aliphatic rings. The fourth-order valence-electron chi connectivity index (χ4n) is 1.45. The van der Waals surface area contributed by atoms with Crippen molar-refractivity contribution in [2.24, 2.45) is 0 Å². The van der Waals surface area contributed by atoms with Gasteiger partial charge in [-0.1, -0.05) is 12.1 Å². The molecule has 0 spiro atoms. The molecule has 2 N–H and O–H groups in total. The minimum Gasteiger partial charge on any atom is -0.382 e. The summed E-state index contributed by atoms with van der Waals surface area (Å²) in [5, 5.41) is 0. The van der Waals surface area contributed by atoms with Crippen LogP contribution in [0, 0.1) is 6.92 Å². The van der Waals surface area contributed by atoms with Gasteiger partial charge in [-0.2, -0.15) is 0 Å². The second-order valence-electron chi connectivity index (χ2n) is 3.70. The van der Waals surface area contributed by atoms with E-state index in [0.29, 0.717) is 11.5 Å². The predicted octanol–water partition coefficient (Wildman–Crippen LogP) is 1.77. The quantitative estimate of drug-likeness (QED) is 0.878. The average molecular weight is 247 g/mol. The first-order chi connectivity index (χ1) is 8.08. The van der Waals surface area contributed by atoms with Gasteiger partial charge in [0.25, 0.3) is 0 Å². The first-order valence-corrected chi connectivity index (χ1v) is 6.66. The second kappa shape index (κ2) is 4.63. The molecule has 0 radical (unpaired) electrons. The van der Waals surface area contributed by atoms with Crippen molar-refractivity contribution in [3.05, 3.63) is 36.2 Å². The van der Waals surface area contributed by atoms with Crippen molar-refractivity contribution in [2.45, 2.75) is 11.8 Å². The number of aromatic nitrogens is 2. The van der Waals surface area contributed by atoms with Crippen molar-refractivity contribution in [3.63, 3.8) is 0 Å². The van der Waals surface area contributed by atoms with Crippen LogP contribution in [0.4, 0.5) is 5.82 Å². The van der Waals surface area contributed by atoms with Gasteiger partial charge in [-0.15, -0.1) is 0 Å². The maximum atomic E-state index is 11.3. The van der Waals surface area contributed by atoms with Crippen molar-refractivity contribution in [1.29, 1.82) is 0 Å². The van der Waals surface area contributed by atoms with E-state index in [1.54, 1.807) is 12.5 Å². The lowest BCUT2D eigenvalue weighted by molar-refractivity contribution is 0.687. The Morgan fingerprint density at radius 3 is 2.41 bits per heavy atom. The molecular weight excluding hydrogens is 234 g/mol. The van der Waals surface area contributed by atoms with Crippen LogP contribution in [0.15, 0.2) is 35.4 Å². The summed E-state index contributed by atoms with van der Waals surface area (Å²) < 4.78 is 11.3. The Morgan fingerprint density at radius 2 is 1.88 bits per heavy atom. The Bertz CT molecular complexity index is 566. The molecule has 0 saturated carbocycles. The van der Waals surface area contributed by atoms with Crippen LogP contribution in [-0.2, 0) is 10.8 Å². The van der Waals surface area contributed by atoms with Gasteiger partial charge in [-0.25, -0.2) is 9.97 Å². The fourth-order valence-corrected chi connectivity index (χ4v) is 1.97. The molecule has 88 valence electrons. The third-order valence-corrected chi connectivity index (χ3v) is 3.40. The Labute approximate surface area is 102 Å². The lowest BCUT2D eigenvalue weighted by Gasteiger charge is -2.04. The summed E-state index contributed by atoms with van der Waals surface area (Å²) in [4.78, 5) is 9.22. The van der Waals surface area contributed by atoms with Gasteiger partial charge in [0.15, 0.2) is 0 Å². The molecule has 1 unspecified atom stereocenters. The highest BCUT2D eigenvalue weighted by Gasteiger charge is 2.04. The summed E-state index contributed by atoms with van der Waals surface area (Å²) in [7, 11) is -0.958. The van der Waals surface area contributed by atoms with Crippen LogP contribution in [0.25, 0.3) is 11.3 Å². The molecule has 0 aliphatic heterocycles. The minimum absolute atomic E-state index is 0.444. The van der Waals surface area contributed by atoms with E-state index < -0.39 is 10.8 Å². The fraction of sp³-hybridized carbons (Fsp3) is 0.167. The van der Waals surface area contributed by atoms with Crippen LogP contribution in [0.5, 0.6) is 0 Å². The number of aryl methyl sites for hydroxylation is 1. The van der Waals surface area contributed by atoms with Crippen molar-refractivity contribution < 1.29 is 4.21 Å². The van der Waals surface area contributed by atoms with Crippen LogP contribution < -0.4 is 5.73 Å². The molecule has 4 nitrogen and oxygen atoms in total. The standard InChI is InChI=1S/C12H13N3OS/c1-8-12(13)14-7-11(15-8)9-3-5-10(6-4-9)17(2)16/h3-7H,1-2H3,(H2,13,14). The van der Waals surface area contributed by atoms with Crippen LogP contribution in [0.3, 0.4) is 0 Å². The van der Waals surface area contributed by atoms with Crippen LogP contribution in [0.2, 0.25) is 0 Å². The zero-order chi connectivity index (χ0) is 12.4. The number of nitrogens with two attached hydrogens (primary N) is 1. The van der Waals surface area contributed by atoms with E-state index >= 15 is 0 Å². The highest BCUT2D eigenvalue weighted by atomic mass is 32.2. The highest BCUT2D eigenvalue weighted by Crippen LogP contribution is 2.19. The Morgan fingerprint density at radius 1 is 1.24 bits per heavy atom. The first-order valence-electron chi connectivity index (χ1n) is 5.11. The molecule has 17 heavy (non-hydrogen) atoms. The van der Waals surface area contributed by atoms with Gasteiger partial charge in [0, 0.05) is 27.5 Å². The molecule has 0 saturated heterocycles. The lowest BCUT2D eigenvalue weighted by Crippen LogP contribution is -1.98. The van der Waals surface area contributed by atoms with Gasteiger partial charge in [0.05, 0.1) is 17.6 Å². The molecule has 1 aromatic carbocycles. The van der Waals surface area contributed by atoms with Crippen LogP contribution >= 0.6 is 0 Å². The average Bonchev–Trinajstić information content (AvgIpc) is 2.33. The highest BCUT2D eigenvalue weighted by molar-refractivity contribution is 7.84. The summed E-state index contributed by atoms with van der Waals surface area (Å²) in [6.45, 7) is 1.82. The Balaban J connectivity index is 2.39. The number of hydrogen-bond acceptors (Lipinski definition) is 4. The largest absolute Gasteiger partial charge is 0.382 e. The van der Waals surface area contributed by atoms with Gasteiger partial charge >= 0.3 is 0 Å². The maximum absolute atomic E-state index is 11.3. The number of rotatable bonds is 2. The molecule has 2 rings (SSSR count). The number of nitrogen functional groups attached to an aromatic ring is 1. The monoisotopic (exact) mass is 247 g/mol. The summed E-state index contributed by atoms with van der Waals surface area (Å²) in [6.07, 6.45) is 3.29. The minimum atomic E-state index is -0.958. The number of benzene rings is 1. The third kappa shape index (κ3) is 2.50. The first kappa shape index (κ1) is 11.7. The summed E-state index contributed by atoms with van der Waals surface area (Å²) in [5.41, 5.74) is 8.04. The van der Waals surface area contributed by atoms with E-state index in [1.165, 1.54) is 0 Å². The van der Waals surface area contributed by atoms with E-state index in [9.17, 15) is 4.21 Å². The number of nitrogens with zero attached hydrogens (tertiary/aromatic N) is 2. The van der Waals surface area contributed by atoms with E-state index in [1.807, 2.05) is 31.2 Å². The lowest BCUT2D eigenvalue weighted by atomic mass is 10.1. The van der Waals surface area contributed by atoms with E-state index in [0.717, 1.165) is 16.2 Å². The smallest absolute Gasteiger partial charge is 0.144 e. The molecule has 1 heterocycles. The van der Waals surface area contributed by atoms with Gasteiger partial charge in [0.2, 0.25) is 0 Å². The van der Waals surface area contributed by atoms with Crippen molar-refractivity contribution in [3.8, 4) is 11.3 Å². The number of hydrogen-bond donors (Lipinski definition) is 1. The van der Waals surface area contributed by atoms with Gasteiger partial charge in [0.1, 0.15) is 5.82 Å². The van der Waals surface area contributed by atoms with E-state index in [4.69, 9.17) is 5.73 Å². The molecule has 0 amide bonds. The zero-order valence-electron chi connectivity index (χ0n) is 9.68. The molecule has 1 aromatic heterocycles. The van der Waals surface area contributed by atoms with Crippen LogP contribution in [0.1, 0.15) is 5.69 Å². The van der Waals surface area contributed by atoms with Crippen molar-refractivity contribution >= 4 is 16.6 Å². The molecule has 5 heteroatoms. The Hall–Kier alpha value is -1.75. The van der Waals surface area contributed by atoms with Crippen molar-refractivity contribution in [1.82, 2.24) is 9.97 Å². The SMILES string of the molecule is Cc1nc(-c2ccc(S(C)=O)cc2)cnc1N. The van der Waals surface area contributed by atoms with Crippen LogP contribution in [-0.4, -0.2) is 20.4 Å². The third-order valence-electron chi connectivity index (χ3n) is 2.47. The summed E-state index contributed by atoms with van der Waals surface area (Å²) in [6, 6.07) is 7.43. The van der Waals surface area contributed by atoms with E-state index in [2.05, 4.69) is 9.97 Å². The predicted molar refractivity (Wildman–Crippen MR) is 68.9 cm³/mol. The molecule has 0 fully saturated rings. The van der Waals surface area contributed by atoms with Crippen molar-refractivity contribution in [2.75, 3.05) is 12.0 Å². The summed E-state index contributed by atoms with van der Waals surface area (Å²) in [5.74, 6) is 0.444. The van der Waals surface area contributed by atoms with E-state index in [-0.39, 0.29) is 0 Å². The Kier molecular flexibility index (Phi) is 3.19. The topological polar surface area (TPSA) is 68.9 Å². The van der Waals surface area contributed by atoms with Gasteiger partial charge in [-0.3, -0.25) is 4.21 Å². The van der Waals surface area contributed by atoms with Gasteiger partial charge in [-0.05, 0) is 19.1 Å². The molecule has 0 aliphatic carbocycles. The second-order valence-corrected chi connectivity index (χ2v) is 5.08. The normalized spacial score (nSPS) is 12.4. The molecule has 2 aromatic rings. The molecular formula is C12H13N3OS. The maximum Gasteiger partial charge on any atom is 0.144 e. The molecule has 0 bridgehead atoms. The van der Waals surface area contributed by atoms with Gasteiger partial charge < -0.3 is 5.73 Å². The molecule has 1 atom stereocenters. The number of anilines is 1. The zero-order valence-corrected chi connectivity index (χ0v) is 10.5. The summed E-state index contributed by atoms with van der Waals surface area (Å²) >= 11 is 0.